The fourth-order valence-corrected chi connectivity index (χ4v) is 4.63. The molecule has 0 unspecified atom stereocenters. The molecule has 0 spiro atoms. The molecule has 5 aromatic carbocycles. The summed E-state index contributed by atoms with van der Waals surface area (Å²) in [7, 11) is 0. The van der Waals surface area contributed by atoms with Gasteiger partial charge in [0, 0.05) is 32.4 Å². The molecule has 1 aromatic heterocycles. The van der Waals surface area contributed by atoms with Gasteiger partial charge in [-0.1, -0.05) is 76.6 Å². The van der Waals surface area contributed by atoms with Gasteiger partial charge in [-0.05, 0) is 59.3 Å². The zero-order valence-corrected chi connectivity index (χ0v) is 20.1. The topological polar surface area (TPSA) is 55.1 Å². The van der Waals surface area contributed by atoms with Gasteiger partial charge in [-0.25, -0.2) is 4.98 Å². The van der Waals surface area contributed by atoms with Crippen LogP contribution in [0.5, 0.6) is 0 Å². The Bertz CT molecular complexity index is 1710. The molecule has 5 heteroatoms. The van der Waals surface area contributed by atoms with Crippen LogP contribution in [0.15, 0.2) is 118 Å². The van der Waals surface area contributed by atoms with E-state index >= 15 is 0 Å². The summed E-state index contributed by atoms with van der Waals surface area (Å²) in [4.78, 5) is 18.0. The van der Waals surface area contributed by atoms with Gasteiger partial charge in [-0.3, -0.25) is 4.79 Å². The van der Waals surface area contributed by atoms with Crippen molar-refractivity contribution in [2.24, 2.45) is 0 Å². The van der Waals surface area contributed by atoms with Crippen molar-refractivity contribution in [3.05, 3.63) is 119 Å². The third kappa shape index (κ3) is 4.11. The third-order valence-corrected chi connectivity index (χ3v) is 6.46. The zero-order chi connectivity index (χ0) is 23.8. The Hall–Kier alpha value is -4.22. The highest BCUT2D eigenvalue weighted by atomic mass is 79.9. The number of carbonyl (C=O) groups excluding carboxylic acids is 1. The highest BCUT2D eigenvalue weighted by Gasteiger charge is 2.16. The largest absolute Gasteiger partial charge is 0.436 e. The van der Waals surface area contributed by atoms with Crippen molar-refractivity contribution in [2.75, 3.05) is 5.32 Å². The molecule has 0 radical (unpaired) electrons. The van der Waals surface area contributed by atoms with Gasteiger partial charge in [0.2, 0.25) is 5.89 Å². The lowest BCUT2D eigenvalue weighted by Gasteiger charge is -2.12. The molecule has 0 aliphatic carbocycles. The number of halogens is 1. The highest BCUT2D eigenvalue weighted by molar-refractivity contribution is 9.10. The van der Waals surface area contributed by atoms with Crippen LogP contribution in [0.1, 0.15) is 10.4 Å². The standard InChI is InChI=1S/C30H19BrN2O2/c31-23-16-15-20-17-22(14-13-21(20)18-23)29(34)32-26-11-5-4-9-24(26)25-10-6-12-27-28(25)33-30(35-27)19-7-2-1-3-8-19/h1-18H,(H,32,34). The van der Waals surface area contributed by atoms with Crippen LogP contribution in [0.2, 0.25) is 0 Å². The number of aromatic nitrogens is 1. The minimum atomic E-state index is -0.167. The predicted octanol–water partition coefficient (Wildman–Crippen LogP) is 8.33. The SMILES string of the molecule is O=C(Nc1ccccc1-c1cccc2oc(-c3ccccc3)nc12)c1ccc2cc(Br)ccc2c1. The Morgan fingerprint density at radius 3 is 2.37 bits per heavy atom. The van der Waals surface area contributed by atoms with E-state index in [0.29, 0.717) is 22.7 Å². The first kappa shape index (κ1) is 21.3. The molecule has 0 aliphatic rings. The first-order valence-electron chi connectivity index (χ1n) is 11.2. The summed E-state index contributed by atoms with van der Waals surface area (Å²) < 4.78 is 7.06. The first-order chi connectivity index (χ1) is 17.2. The van der Waals surface area contributed by atoms with E-state index in [1.165, 1.54) is 0 Å². The van der Waals surface area contributed by atoms with Crippen LogP contribution < -0.4 is 5.32 Å². The van der Waals surface area contributed by atoms with E-state index in [0.717, 1.165) is 37.5 Å². The molecule has 4 nitrogen and oxygen atoms in total. The lowest BCUT2D eigenvalue weighted by Crippen LogP contribution is -2.12. The van der Waals surface area contributed by atoms with Gasteiger partial charge < -0.3 is 9.73 Å². The molecule has 0 atom stereocenters. The summed E-state index contributed by atoms with van der Waals surface area (Å²) in [5.41, 5.74) is 5.45. The number of hydrogen-bond acceptors (Lipinski definition) is 3. The zero-order valence-electron chi connectivity index (χ0n) is 18.5. The van der Waals surface area contributed by atoms with Gasteiger partial charge in [-0.15, -0.1) is 0 Å². The van der Waals surface area contributed by atoms with Gasteiger partial charge in [0.05, 0.1) is 0 Å². The molecule has 1 heterocycles. The maximum absolute atomic E-state index is 13.2. The van der Waals surface area contributed by atoms with Gasteiger partial charge in [0.15, 0.2) is 5.58 Å². The molecule has 0 fully saturated rings. The Morgan fingerprint density at radius 1 is 0.743 bits per heavy atom. The maximum atomic E-state index is 13.2. The fourth-order valence-electron chi connectivity index (χ4n) is 4.25. The van der Waals surface area contributed by atoms with E-state index in [1.54, 1.807) is 0 Å². The lowest BCUT2D eigenvalue weighted by molar-refractivity contribution is 0.102. The second-order valence-electron chi connectivity index (χ2n) is 8.24. The molecule has 0 bridgehead atoms. The van der Waals surface area contributed by atoms with Crippen molar-refractivity contribution in [3.63, 3.8) is 0 Å². The molecule has 1 amide bonds. The molecule has 6 aromatic rings. The van der Waals surface area contributed by atoms with Crippen molar-refractivity contribution in [2.45, 2.75) is 0 Å². The summed E-state index contributed by atoms with van der Waals surface area (Å²) in [6, 6.07) is 35.2. The van der Waals surface area contributed by atoms with Gasteiger partial charge in [0.1, 0.15) is 5.52 Å². The van der Waals surface area contributed by atoms with Crippen LogP contribution in [0, 0.1) is 0 Å². The van der Waals surface area contributed by atoms with Crippen LogP contribution >= 0.6 is 15.9 Å². The highest BCUT2D eigenvalue weighted by Crippen LogP contribution is 2.35. The van der Waals surface area contributed by atoms with Gasteiger partial charge in [0.25, 0.3) is 5.91 Å². The van der Waals surface area contributed by atoms with E-state index < -0.39 is 0 Å². The molecular formula is C30H19BrN2O2. The van der Waals surface area contributed by atoms with Crippen molar-refractivity contribution in [1.82, 2.24) is 4.98 Å². The Kier molecular flexibility index (Phi) is 5.39. The number of nitrogens with zero attached hydrogens (tertiary/aromatic N) is 1. The van der Waals surface area contributed by atoms with Crippen molar-refractivity contribution >= 4 is 49.4 Å². The number of benzene rings is 5. The monoisotopic (exact) mass is 518 g/mol. The third-order valence-electron chi connectivity index (χ3n) is 5.97. The number of oxazole rings is 1. The average Bonchev–Trinajstić information content (AvgIpc) is 3.34. The quantitative estimate of drug-likeness (QED) is 0.255. The lowest BCUT2D eigenvalue weighted by atomic mass is 10.0. The normalized spacial score (nSPS) is 11.1. The van der Waals surface area contributed by atoms with Crippen molar-refractivity contribution in [3.8, 4) is 22.6 Å². The molecule has 1 N–H and O–H groups in total. The predicted molar refractivity (Wildman–Crippen MR) is 144 cm³/mol. The second-order valence-corrected chi connectivity index (χ2v) is 9.16. The molecule has 35 heavy (non-hydrogen) atoms. The molecule has 0 saturated carbocycles. The summed E-state index contributed by atoms with van der Waals surface area (Å²) in [6.45, 7) is 0. The van der Waals surface area contributed by atoms with Crippen LogP contribution in [0.4, 0.5) is 5.69 Å². The number of carbonyl (C=O) groups is 1. The number of hydrogen-bond donors (Lipinski definition) is 1. The van der Waals surface area contributed by atoms with Crippen LogP contribution in [0.25, 0.3) is 44.5 Å². The van der Waals surface area contributed by atoms with Crippen LogP contribution in [-0.2, 0) is 0 Å². The van der Waals surface area contributed by atoms with Crippen LogP contribution in [-0.4, -0.2) is 10.9 Å². The van der Waals surface area contributed by atoms with E-state index in [4.69, 9.17) is 9.40 Å². The number of nitrogens with one attached hydrogen (secondary N) is 1. The smallest absolute Gasteiger partial charge is 0.255 e. The van der Waals surface area contributed by atoms with E-state index in [1.807, 2.05) is 109 Å². The fraction of sp³-hybridized carbons (Fsp3) is 0. The van der Waals surface area contributed by atoms with Gasteiger partial charge in [-0.2, -0.15) is 0 Å². The average molecular weight is 519 g/mol. The summed E-state index contributed by atoms with van der Waals surface area (Å²) in [5, 5.41) is 5.18. The Balaban J connectivity index is 1.38. The second kappa shape index (κ2) is 8.85. The number of para-hydroxylation sites is 2. The summed E-state index contributed by atoms with van der Waals surface area (Å²) in [5.74, 6) is 0.400. The summed E-state index contributed by atoms with van der Waals surface area (Å²) in [6.07, 6.45) is 0. The Morgan fingerprint density at radius 2 is 1.49 bits per heavy atom. The first-order valence-corrected chi connectivity index (χ1v) is 12.0. The number of rotatable bonds is 4. The molecule has 0 saturated heterocycles. The van der Waals surface area contributed by atoms with E-state index in [-0.39, 0.29) is 5.91 Å². The van der Waals surface area contributed by atoms with Crippen molar-refractivity contribution in [1.29, 1.82) is 0 Å². The number of fused-ring (bicyclic) bond motifs is 2. The minimum absolute atomic E-state index is 0.167. The summed E-state index contributed by atoms with van der Waals surface area (Å²) >= 11 is 3.49. The van der Waals surface area contributed by atoms with Crippen molar-refractivity contribution < 1.29 is 9.21 Å². The number of amides is 1. The molecule has 0 aliphatic heterocycles. The minimum Gasteiger partial charge on any atom is -0.436 e. The molecular weight excluding hydrogens is 500 g/mol. The number of anilines is 1. The van der Waals surface area contributed by atoms with Gasteiger partial charge >= 0.3 is 0 Å². The molecule has 6 rings (SSSR count). The van der Waals surface area contributed by atoms with E-state index in [2.05, 4.69) is 21.2 Å². The van der Waals surface area contributed by atoms with Crippen LogP contribution in [0.3, 0.4) is 0 Å². The van der Waals surface area contributed by atoms with E-state index in [9.17, 15) is 4.79 Å². The molecule has 168 valence electrons. The maximum Gasteiger partial charge on any atom is 0.255 e. The Labute approximate surface area is 210 Å².